The first-order valence-corrected chi connectivity index (χ1v) is 11.0. The summed E-state index contributed by atoms with van der Waals surface area (Å²) in [6.45, 7) is 5.37. The highest BCUT2D eigenvalue weighted by atomic mass is 32.2. The summed E-state index contributed by atoms with van der Waals surface area (Å²) in [6.07, 6.45) is 6.88. The minimum absolute atomic E-state index is 0.588. The molecule has 140 valence electrons. The molecule has 1 unspecified atom stereocenters. The first-order chi connectivity index (χ1) is 13.2. The molecule has 0 aliphatic carbocycles. The Labute approximate surface area is 166 Å². The van der Waals surface area contributed by atoms with Crippen LogP contribution in [0.1, 0.15) is 35.1 Å². The Hall–Kier alpha value is -1.97. The second-order valence-corrected chi connectivity index (χ2v) is 8.65. The van der Waals surface area contributed by atoms with E-state index in [1.165, 1.54) is 50.9 Å². The van der Waals surface area contributed by atoms with Crippen LogP contribution in [0.25, 0.3) is 16.5 Å². The van der Waals surface area contributed by atoms with Crippen LogP contribution in [0.15, 0.2) is 54.7 Å². The molecule has 3 heteroatoms. The van der Waals surface area contributed by atoms with Crippen molar-refractivity contribution in [1.29, 1.82) is 0 Å². The molecule has 2 nitrogen and oxygen atoms in total. The molecule has 1 aliphatic rings. The van der Waals surface area contributed by atoms with Gasteiger partial charge in [0.05, 0.1) is 0 Å². The van der Waals surface area contributed by atoms with Crippen LogP contribution in [0.5, 0.6) is 0 Å². The smallest absolute Gasteiger partial charge is 0.0459 e. The van der Waals surface area contributed by atoms with Gasteiger partial charge in [0.2, 0.25) is 0 Å². The Morgan fingerprint density at radius 1 is 1.07 bits per heavy atom. The highest BCUT2D eigenvalue weighted by Crippen LogP contribution is 2.27. The van der Waals surface area contributed by atoms with E-state index in [2.05, 4.69) is 78.9 Å². The number of fused-ring (bicyclic) bond motifs is 1. The largest absolute Gasteiger partial charge is 0.361 e. The molecule has 2 N–H and O–H groups in total. The van der Waals surface area contributed by atoms with Gasteiger partial charge in [0.15, 0.2) is 0 Å². The molecule has 0 spiro atoms. The minimum atomic E-state index is 0.588. The number of aromatic amines is 1. The SMILES string of the molecule is Cc1cc2[nH]cc(CSCCC3CC(c4ccccc4)=CCN3)c2cc1C. The number of rotatable bonds is 6. The van der Waals surface area contributed by atoms with E-state index in [4.69, 9.17) is 0 Å². The third-order valence-corrected chi connectivity index (χ3v) is 6.66. The molecule has 2 aromatic carbocycles. The summed E-state index contributed by atoms with van der Waals surface area (Å²) < 4.78 is 0. The molecule has 1 aromatic heterocycles. The average molecular weight is 377 g/mol. The summed E-state index contributed by atoms with van der Waals surface area (Å²) in [6, 6.07) is 16.0. The van der Waals surface area contributed by atoms with Gasteiger partial charge in [0, 0.05) is 35.4 Å². The quantitative estimate of drug-likeness (QED) is 0.528. The normalized spacial score (nSPS) is 17.3. The van der Waals surface area contributed by atoms with Gasteiger partial charge in [0.1, 0.15) is 0 Å². The second-order valence-electron chi connectivity index (χ2n) is 7.54. The molecule has 1 aliphatic heterocycles. The fourth-order valence-electron chi connectivity index (χ4n) is 3.83. The Morgan fingerprint density at radius 3 is 2.74 bits per heavy atom. The predicted molar refractivity (Wildman–Crippen MR) is 119 cm³/mol. The fourth-order valence-corrected chi connectivity index (χ4v) is 4.89. The van der Waals surface area contributed by atoms with Gasteiger partial charge in [-0.15, -0.1) is 0 Å². The minimum Gasteiger partial charge on any atom is -0.361 e. The molecule has 0 amide bonds. The maximum atomic E-state index is 3.66. The summed E-state index contributed by atoms with van der Waals surface area (Å²) in [5, 5.41) is 5.04. The number of aromatic nitrogens is 1. The van der Waals surface area contributed by atoms with Gasteiger partial charge in [0.25, 0.3) is 0 Å². The number of thioether (sulfide) groups is 1. The van der Waals surface area contributed by atoms with Crippen LogP contribution >= 0.6 is 11.8 Å². The molecule has 4 rings (SSSR count). The lowest BCUT2D eigenvalue weighted by atomic mass is 9.94. The summed E-state index contributed by atoms with van der Waals surface area (Å²) in [5.41, 5.74) is 8.29. The van der Waals surface area contributed by atoms with Crippen LogP contribution in [-0.2, 0) is 5.75 Å². The molecule has 3 aromatic rings. The highest BCUT2D eigenvalue weighted by Gasteiger charge is 2.15. The monoisotopic (exact) mass is 376 g/mol. The van der Waals surface area contributed by atoms with Crippen molar-refractivity contribution >= 4 is 28.2 Å². The molecule has 0 fully saturated rings. The maximum absolute atomic E-state index is 3.66. The predicted octanol–water partition coefficient (Wildman–Crippen LogP) is 5.85. The first kappa shape index (κ1) is 18.4. The van der Waals surface area contributed by atoms with Crippen LogP contribution in [-0.4, -0.2) is 23.3 Å². The van der Waals surface area contributed by atoms with Crippen LogP contribution in [0.4, 0.5) is 0 Å². The number of hydrogen-bond acceptors (Lipinski definition) is 2. The van der Waals surface area contributed by atoms with Gasteiger partial charge in [-0.2, -0.15) is 11.8 Å². The summed E-state index contributed by atoms with van der Waals surface area (Å²) in [7, 11) is 0. The van der Waals surface area contributed by atoms with Crippen molar-refractivity contribution in [2.75, 3.05) is 12.3 Å². The van der Waals surface area contributed by atoms with Crippen molar-refractivity contribution < 1.29 is 0 Å². The fraction of sp³-hybridized carbons (Fsp3) is 0.333. The van der Waals surface area contributed by atoms with Gasteiger partial charge in [-0.05, 0) is 72.4 Å². The highest BCUT2D eigenvalue weighted by molar-refractivity contribution is 7.98. The van der Waals surface area contributed by atoms with Crippen molar-refractivity contribution in [3.63, 3.8) is 0 Å². The number of hydrogen-bond donors (Lipinski definition) is 2. The summed E-state index contributed by atoms with van der Waals surface area (Å²) in [4.78, 5) is 3.44. The number of H-pyrrole nitrogens is 1. The van der Waals surface area contributed by atoms with E-state index in [0.29, 0.717) is 6.04 Å². The molecule has 0 saturated heterocycles. The molecular formula is C24H28N2S. The molecule has 1 atom stereocenters. The maximum Gasteiger partial charge on any atom is 0.0459 e. The Bertz CT molecular complexity index is 940. The van der Waals surface area contributed by atoms with E-state index in [1.807, 2.05) is 11.8 Å². The summed E-state index contributed by atoms with van der Waals surface area (Å²) >= 11 is 2.05. The Kier molecular flexibility index (Phi) is 5.70. The molecule has 0 bridgehead atoms. The van der Waals surface area contributed by atoms with Crippen molar-refractivity contribution in [2.24, 2.45) is 0 Å². The Morgan fingerprint density at radius 2 is 1.89 bits per heavy atom. The molecule has 27 heavy (non-hydrogen) atoms. The van der Waals surface area contributed by atoms with E-state index in [9.17, 15) is 0 Å². The molecular weight excluding hydrogens is 348 g/mol. The van der Waals surface area contributed by atoms with Crippen LogP contribution in [0.2, 0.25) is 0 Å². The number of nitrogens with one attached hydrogen (secondary N) is 2. The topological polar surface area (TPSA) is 27.8 Å². The van der Waals surface area contributed by atoms with Crippen LogP contribution in [0, 0.1) is 13.8 Å². The molecule has 0 radical (unpaired) electrons. The van der Waals surface area contributed by atoms with Gasteiger partial charge in [-0.1, -0.05) is 36.4 Å². The number of aryl methyl sites for hydroxylation is 2. The lowest BCUT2D eigenvalue weighted by Crippen LogP contribution is -2.33. The van der Waals surface area contributed by atoms with E-state index in [0.717, 1.165) is 18.7 Å². The van der Waals surface area contributed by atoms with Gasteiger partial charge < -0.3 is 10.3 Å². The van der Waals surface area contributed by atoms with Crippen molar-refractivity contribution in [3.8, 4) is 0 Å². The lowest BCUT2D eigenvalue weighted by molar-refractivity contribution is 0.525. The number of benzene rings is 2. The second kappa shape index (κ2) is 8.37. The van der Waals surface area contributed by atoms with E-state index in [-0.39, 0.29) is 0 Å². The van der Waals surface area contributed by atoms with E-state index < -0.39 is 0 Å². The summed E-state index contributed by atoms with van der Waals surface area (Å²) in [5.74, 6) is 2.27. The third-order valence-electron chi connectivity index (χ3n) is 5.62. The average Bonchev–Trinajstić information content (AvgIpc) is 3.08. The van der Waals surface area contributed by atoms with Crippen LogP contribution in [0.3, 0.4) is 0 Å². The lowest BCUT2D eigenvalue weighted by Gasteiger charge is -2.24. The molecule has 2 heterocycles. The van der Waals surface area contributed by atoms with Gasteiger partial charge >= 0.3 is 0 Å². The zero-order valence-electron chi connectivity index (χ0n) is 16.2. The Balaban J connectivity index is 1.29. The van der Waals surface area contributed by atoms with Gasteiger partial charge in [-0.25, -0.2) is 0 Å². The third kappa shape index (κ3) is 4.31. The molecule has 0 saturated carbocycles. The van der Waals surface area contributed by atoms with Crippen molar-refractivity contribution in [1.82, 2.24) is 10.3 Å². The standard InChI is InChI=1S/C24H28N2S/c1-17-12-23-21(15-26-24(23)13-18(17)2)16-27-11-9-22-14-20(8-10-25-22)19-6-4-3-5-7-19/h3-8,12-13,15,22,25-26H,9-11,14,16H2,1-2H3. The zero-order valence-corrected chi connectivity index (χ0v) is 17.0. The van der Waals surface area contributed by atoms with E-state index >= 15 is 0 Å². The zero-order chi connectivity index (χ0) is 18.6. The first-order valence-electron chi connectivity index (χ1n) is 9.83. The van der Waals surface area contributed by atoms with Crippen molar-refractivity contribution in [2.45, 2.75) is 38.5 Å². The van der Waals surface area contributed by atoms with Crippen molar-refractivity contribution in [3.05, 3.63) is 77.0 Å². The van der Waals surface area contributed by atoms with E-state index in [1.54, 1.807) is 0 Å². The van der Waals surface area contributed by atoms with Crippen LogP contribution < -0.4 is 5.32 Å². The van der Waals surface area contributed by atoms with Gasteiger partial charge in [-0.3, -0.25) is 0 Å².